The third-order valence-electron chi connectivity index (χ3n) is 6.05. The SMILES string of the molecule is CC1(C)CCC(CN2CCOCC2CNC(=O)c2cc(F)c(F)cc2F)CC1. The highest BCUT2D eigenvalue weighted by atomic mass is 19.2. The van der Waals surface area contributed by atoms with Crippen molar-refractivity contribution in [3.8, 4) is 0 Å². The van der Waals surface area contributed by atoms with Gasteiger partial charge in [0.1, 0.15) is 5.82 Å². The molecule has 1 atom stereocenters. The Balaban J connectivity index is 1.56. The van der Waals surface area contributed by atoms with Crippen LogP contribution in [0.25, 0.3) is 0 Å². The van der Waals surface area contributed by atoms with Crippen LogP contribution in [0.4, 0.5) is 13.2 Å². The highest BCUT2D eigenvalue weighted by Crippen LogP contribution is 2.38. The van der Waals surface area contributed by atoms with Crippen molar-refractivity contribution in [3.63, 3.8) is 0 Å². The number of hydrogen-bond donors (Lipinski definition) is 1. The molecule has 1 aromatic carbocycles. The third kappa shape index (κ3) is 5.26. The molecule has 28 heavy (non-hydrogen) atoms. The maximum Gasteiger partial charge on any atom is 0.254 e. The van der Waals surface area contributed by atoms with Crippen LogP contribution in [-0.2, 0) is 4.74 Å². The Kier molecular flexibility index (Phi) is 6.65. The maximum absolute atomic E-state index is 13.8. The molecule has 2 fully saturated rings. The first-order valence-corrected chi connectivity index (χ1v) is 10.00. The Morgan fingerprint density at radius 2 is 1.86 bits per heavy atom. The van der Waals surface area contributed by atoms with Crippen LogP contribution in [0.3, 0.4) is 0 Å². The molecule has 1 heterocycles. The van der Waals surface area contributed by atoms with Gasteiger partial charge in [0.15, 0.2) is 11.6 Å². The first kappa shape index (κ1) is 21.1. The largest absolute Gasteiger partial charge is 0.378 e. The molecule has 1 aliphatic heterocycles. The van der Waals surface area contributed by atoms with Crippen LogP contribution in [0.5, 0.6) is 0 Å². The lowest BCUT2D eigenvalue weighted by atomic mass is 9.73. The van der Waals surface area contributed by atoms with Gasteiger partial charge in [0.05, 0.1) is 24.8 Å². The van der Waals surface area contributed by atoms with Crippen molar-refractivity contribution in [1.29, 1.82) is 0 Å². The number of ether oxygens (including phenoxy) is 1. The molecule has 7 heteroatoms. The van der Waals surface area contributed by atoms with Crippen molar-refractivity contribution < 1.29 is 22.7 Å². The van der Waals surface area contributed by atoms with Crippen molar-refractivity contribution in [1.82, 2.24) is 10.2 Å². The molecular formula is C21H29F3N2O2. The van der Waals surface area contributed by atoms with Crippen molar-refractivity contribution >= 4 is 5.91 Å². The summed E-state index contributed by atoms with van der Waals surface area (Å²) in [7, 11) is 0. The fourth-order valence-corrected chi connectivity index (χ4v) is 4.09. The second-order valence-electron chi connectivity index (χ2n) is 8.79. The van der Waals surface area contributed by atoms with Gasteiger partial charge in [-0.15, -0.1) is 0 Å². The normalized spacial score (nSPS) is 23.5. The van der Waals surface area contributed by atoms with E-state index >= 15 is 0 Å². The monoisotopic (exact) mass is 398 g/mol. The van der Waals surface area contributed by atoms with E-state index in [0.29, 0.717) is 36.7 Å². The number of rotatable bonds is 5. The van der Waals surface area contributed by atoms with Gasteiger partial charge in [-0.3, -0.25) is 9.69 Å². The van der Waals surface area contributed by atoms with Gasteiger partial charge in [-0.1, -0.05) is 13.8 Å². The van der Waals surface area contributed by atoms with Crippen molar-refractivity contribution in [3.05, 3.63) is 35.1 Å². The van der Waals surface area contributed by atoms with Crippen molar-refractivity contribution in [2.24, 2.45) is 11.3 Å². The number of halogens is 3. The molecule has 0 bridgehead atoms. The van der Waals surface area contributed by atoms with E-state index in [1.807, 2.05) is 0 Å². The molecule has 1 aliphatic carbocycles. The van der Waals surface area contributed by atoms with Crippen LogP contribution >= 0.6 is 0 Å². The topological polar surface area (TPSA) is 41.6 Å². The summed E-state index contributed by atoms with van der Waals surface area (Å²) < 4.78 is 45.7. The van der Waals surface area contributed by atoms with Crippen molar-refractivity contribution in [2.45, 2.75) is 45.6 Å². The predicted octanol–water partition coefficient (Wildman–Crippen LogP) is 3.75. The fraction of sp³-hybridized carbons (Fsp3) is 0.667. The third-order valence-corrected chi connectivity index (χ3v) is 6.05. The molecule has 156 valence electrons. The Hall–Kier alpha value is -1.60. The molecule has 2 aliphatic rings. The Labute approximate surface area is 164 Å². The summed E-state index contributed by atoms with van der Waals surface area (Å²) in [5, 5.41) is 2.65. The number of carbonyl (C=O) groups is 1. The van der Waals surface area contributed by atoms with E-state index in [1.165, 1.54) is 25.7 Å². The summed E-state index contributed by atoms with van der Waals surface area (Å²) in [4.78, 5) is 14.6. The molecule has 1 aromatic rings. The van der Waals surface area contributed by atoms with E-state index in [0.717, 1.165) is 13.1 Å². The molecular weight excluding hydrogens is 369 g/mol. The number of carbonyl (C=O) groups excluding carboxylic acids is 1. The first-order valence-electron chi connectivity index (χ1n) is 10.00. The van der Waals surface area contributed by atoms with E-state index in [9.17, 15) is 18.0 Å². The number of amides is 1. The summed E-state index contributed by atoms with van der Waals surface area (Å²) in [6.45, 7) is 7.79. The van der Waals surface area contributed by atoms with Crippen LogP contribution in [0, 0.1) is 28.8 Å². The molecule has 1 unspecified atom stereocenters. The van der Waals surface area contributed by atoms with E-state index in [4.69, 9.17) is 4.74 Å². The molecule has 1 amide bonds. The minimum absolute atomic E-state index is 0.0130. The zero-order chi connectivity index (χ0) is 20.3. The quantitative estimate of drug-likeness (QED) is 0.768. The van der Waals surface area contributed by atoms with Crippen LogP contribution in [0.2, 0.25) is 0 Å². The summed E-state index contributed by atoms with van der Waals surface area (Å²) >= 11 is 0. The molecule has 3 rings (SSSR count). The van der Waals surface area contributed by atoms with E-state index < -0.39 is 28.9 Å². The Morgan fingerprint density at radius 1 is 1.18 bits per heavy atom. The van der Waals surface area contributed by atoms with Crippen LogP contribution in [0.15, 0.2) is 12.1 Å². The van der Waals surface area contributed by atoms with Gasteiger partial charge in [0, 0.05) is 25.7 Å². The lowest BCUT2D eigenvalue weighted by molar-refractivity contribution is -0.0180. The molecule has 1 saturated heterocycles. The number of benzene rings is 1. The summed E-state index contributed by atoms with van der Waals surface area (Å²) in [6, 6.07) is 0.977. The van der Waals surface area contributed by atoms with Gasteiger partial charge in [0.2, 0.25) is 0 Å². The van der Waals surface area contributed by atoms with Gasteiger partial charge >= 0.3 is 0 Å². The fourth-order valence-electron chi connectivity index (χ4n) is 4.09. The van der Waals surface area contributed by atoms with E-state index in [2.05, 4.69) is 24.1 Å². The minimum Gasteiger partial charge on any atom is -0.378 e. The average Bonchev–Trinajstić information content (AvgIpc) is 2.65. The highest BCUT2D eigenvalue weighted by molar-refractivity contribution is 5.94. The van der Waals surface area contributed by atoms with Crippen LogP contribution < -0.4 is 5.32 Å². The number of nitrogens with zero attached hydrogens (tertiary/aromatic N) is 1. The Bertz CT molecular complexity index is 701. The van der Waals surface area contributed by atoms with E-state index in [-0.39, 0.29) is 12.6 Å². The van der Waals surface area contributed by atoms with Gasteiger partial charge in [-0.05, 0) is 43.1 Å². The predicted molar refractivity (Wildman–Crippen MR) is 101 cm³/mol. The summed E-state index contributed by atoms with van der Waals surface area (Å²) in [6.07, 6.45) is 4.84. The molecule has 4 nitrogen and oxygen atoms in total. The van der Waals surface area contributed by atoms with Crippen molar-refractivity contribution in [2.75, 3.05) is 32.8 Å². The molecule has 1 saturated carbocycles. The van der Waals surface area contributed by atoms with Gasteiger partial charge in [-0.25, -0.2) is 13.2 Å². The number of nitrogens with one attached hydrogen (secondary N) is 1. The van der Waals surface area contributed by atoms with Gasteiger partial charge < -0.3 is 10.1 Å². The lowest BCUT2D eigenvalue weighted by Gasteiger charge is -2.41. The second kappa shape index (κ2) is 8.82. The summed E-state index contributed by atoms with van der Waals surface area (Å²) in [5.41, 5.74) is -0.0691. The standard InChI is InChI=1S/C21H29F3N2O2/c1-21(2)5-3-14(4-6-21)12-26-7-8-28-13-15(26)11-25-20(27)16-9-18(23)19(24)10-17(16)22/h9-10,14-15H,3-8,11-13H2,1-2H3,(H,25,27). The molecule has 1 N–H and O–H groups in total. The second-order valence-corrected chi connectivity index (χ2v) is 8.79. The van der Waals surface area contributed by atoms with Gasteiger partial charge in [0.25, 0.3) is 5.91 Å². The molecule has 0 spiro atoms. The maximum atomic E-state index is 13.8. The first-order chi connectivity index (χ1) is 13.2. The zero-order valence-electron chi connectivity index (χ0n) is 16.6. The minimum atomic E-state index is -1.31. The molecule has 0 aromatic heterocycles. The van der Waals surface area contributed by atoms with Crippen LogP contribution in [0.1, 0.15) is 49.9 Å². The average molecular weight is 398 g/mol. The Morgan fingerprint density at radius 3 is 2.57 bits per heavy atom. The number of hydrogen-bond acceptors (Lipinski definition) is 3. The van der Waals surface area contributed by atoms with E-state index in [1.54, 1.807) is 0 Å². The lowest BCUT2D eigenvalue weighted by Crippen LogP contribution is -2.52. The zero-order valence-corrected chi connectivity index (χ0v) is 16.6. The highest BCUT2D eigenvalue weighted by Gasteiger charge is 2.31. The number of morpholine rings is 1. The summed E-state index contributed by atoms with van der Waals surface area (Å²) in [5.74, 6) is -3.74. The smallest absolute Gasteiger partial charge is 0.254 e. The molecule has 0 radical (unpaired) electrons. The van der Waals surface area contributed by atoms with Gasteiger partial charge in [-0.2, -0.15) is 0 Å². The van der Waals surface area contributed by atoms with Crippen LogP contribution in [-0.4, -0.2) is 49.7 Å².